The zero-order valence-corrected chi connectivity index (χ0v) is 14.4. The van der Waals surface area contributed by atoms with Crippen LogP contribution in [0.3, 0.4) is 0 Å². The average molecular weight is 315 g/mol. The highest BCUT2D eigenvalue weighted by atomic mass is 32.2. The van der Waals surface area contributed by atoms with E-state index in [1.54, 1.807) is 32.0 Å². The van der Waals surface area contributed by atoms with Crippen molar-refractivity contribution in [1.82, 2.24) is 0 Å². The molecule has 1 aromatic carbocycles. The molecule has 0 heterocycles. The van der Waals surface area contributed by atoms with E-state index < -0.39 is 10.1 Å². The lowest BCUT2D eigenvalue weighted by Gasteiger charge is -2.20. The molecule has 5 nitrogen and oxygen atoms in total. The second-order valence-electron chi connectivity index (χ2n) is 5.64. The highest BCUT2D eigenvalue weighted by molar-refractivity contribution is 7.86. The molecule has 0 N–H and O–H groups in total. The smallest absolute Gasteiger partial charge is 0.297 e. The lowest BCUT2D eigenvalue weighted by atomic mass is 10.2. The quantitative estimate of drug-likeness (QED) is 0.724. The van der Waals surface area contributed by atoms with Gasteiger partial charge in [0.05, 0.1) is 23.7 Å². The molecule has 0 aliphatic heterocycles. The van der Waals surface area contributed by atoms with Crippen LogP contribution in [0.4, 0.5) is 5.69 Å². The summed E-state index contributed by atoms with van der Waals surface area (Å²) in [7, 11) is 0.00684. The Kier molecular flexibility index (Phi) is 6.19. The van der Waals surface area contributed by atoms with E-state index in [0.717, 1.165) is 11.3 Å². The molecule has 1 aromatic rings. The third-order valence-corrected chi connectivity index (χ3v) is 4.19. The topological polar surface area (TPSA) is 55.8 Å². The first-order chi connectivity index (χ1) is 9.63. The Hall–Kier alpha value is -1.11. The molecule has 0 unspecified atom stereocenters. The highest BCUT2D eigenvalue weighted by Gasteiger charge is 2.19. The predicted molar refractivity (Wildman–Crippen MR) is 84.1 cm³/mol. The first-order valence-electron chi connectivity index (χ1n) is 6.98. The summed E-state index contributed by atoms with van der Waals surface area (Å²) in [5.74, 6) is 0. The fraction of sp³-hybridized carbons (Fsp3) is 0.600. The fourth-order valence-electron chi connectivity index (χ4n) is 1.80. The van der Waals surface area contributed by atoms with Crippen molar-refractivity contribution in [2.75, 3.05) is 19.0 Å². The van der Waals surface area contributed by atoms with E-state index in [9.17, 15) is 8.42 Å². The van der Waals surface area contributed by atoms with Crippen LogP contribution < -0.4 is 4.90 Å². The minimum atomic E-state index is -3.73. The molecule has 0 aliphatic carbocycles. The van der Waals surface area contributed by atoms with Crippen molar-refractivity contribution in [3.63, 3.8) is 0 Å². The van der Waals surface area contributed by atoms with Crippen LogP contribution in [-0.2, 0) is 25.6 Å². The maximum atomic E-state index is 12.1. The van der Waals surface area contributed by atoms with Crippen molar-refractivity contribution in [2.45, 2.75) is 51.4 Å². The molecule has 0 aliphatic rings. The molecular weight excluding hydrogens is 290 g/mol. The molecule has 0 atom stereocenters. The van der Waals surface area contributed by atoms with Crippen LogP contribution in [0.1, 0.15) is 33.3 Å². The summed E-state index contributed by atoms with van der Waals surface area (Å²) in [6, 6.07) is 4.95. The number of benzene rings is 1. The first-order valence-corrected chi connectivity index (χ1v) is 8.39. The van der Waals surface area contributed by atoms with Gasteiger partial charge < -0.3 is 9.64 Å². The Morgan fingerprint density at radius 3 is 2.19 bits per heavy atom. The molecule has 0 radical (unpaired) electrons. The third kappa shape index (κ3) is 5.30. The number of hydrogen-bond donors (Lipinski definition) is 0. The number of rotatable bonds is 7. The van der Waals surface area contributed by atoms with Crippen LogP contribution in [0, 0.1) is 0 Å². The van der Waals surface area contributed by atoms with E-state index in [2.05, 4.69) is 0 Å². The zero-order valence-electron chi connectivity index (χ0n) is 13.6. The molecule has 1 rings (SSSR count). The van der Waals surface area contributed by atoms with Crippen molar-refractivity contribution in [3.8, 4) is 0 Å². The van der Waals surface area contributed by atoms with Crippen LogP contribution in [0.25, 0.3) is 0 Å². The monoisotopic (exact) mass is 315 g/mol. The Morgan fingerprint density at radius 2 is 1.71 bits per heavy atom. The summed E-state index contributed by atoms with van der Waals surface area (Å²) in [6.07, 6.45) is -0.269. The highest BCUT2D eigenvalue weighted by Crippen LogP contribution is 2.25. The van der Waals surface area contributed by atoms with E-state index in [-0.39, 0.29) is 17.1 Å². The standard InChI is InChI=1S/C15H25NO4S/c1-11(2)19-10-13-7-8-14(9-15(13)16(5)6)21(17,18)20-12(3)4/h7-9,11-12H,10H2,1-6H3. The van der Waals surface area contributed by atoms with Crippen LogP contribution in [0.15, 0.2) is 23.1 Å². The van der Waals surface area contributed by atoms with Gasteiger partial charge in [-0.25, -0.2) is 0 Å². The molecule has 0 spiro atoms. The second-order valence-corrected chi connectivity index (χ2v) is 7.22. The molecule has 0 bridgehead atoms. The van der Waals surface area contributed by atoms with Crippen molar-refractivity contribution < 1.29 is 17.3 Å². The van der Waals surface area contributed by atoms with Gasteiger partial charge in [-0.05, 0) is 39.8 Å². The Labute approximate surface area is 128 Å². The van der Waals surface area contributed by atoms with Gasteiger partial charge in [0.25, 0.3) is 10.1 Å². The predicted octanol–water partition coefficient (Wildman–Crippen LogP) is 2.79. The third-order valence-electron chi connectivity index (χ3n) is 2.72. The molecule has 21 heavy (non-hydrogen) atoms. The zero-order chi connectivity index (χ0) is 16.2. The van der Waals surface area contributed by atoms with Crippen LogP contribution in [-0.4, -0.2) is 34.7 Å². The summed E-state index contributed by atoms with van der Waals surface area (Å²) < 4.78 is 34.9. The van der Waals surface area contributed by atoms with Gasteiger partial charge in [0.2, 0.25) is 0 Å². The molecule has 0 saturated heterocycles. The molecule has 120 valence electrons. The maximum absolute atomic E-state index is 12.1. The SMILES string of the molecule is CC(C)OCc1ccc(S(=O)(=O)OC(C)C)cc1N(C)C. The van der Waals surface area contributed by atoms with Crippen molar-refractivity contribution in [3.05, 3.63) is 23.8 Å². The van der Waals surface area contributed by atoms with Crippen LogP contribution >= 0.6 is 0 Å². The maximum Gasteiger partial charge on any atom is 0.297 e. The average Bonchev–Trinajstić information content (AvgIpc) is 2.34. The summed E-state index contributed by atoms with van der Waals surface area (Å²) in [6.45, 7) is 7.75. The normalized spacial score (nSPS) is 12.2. The lowest BCUT2D eigenvalue weighted by Crippen LogP contribution is -2.16. The Morgan fingerprint density at radius 1 is 1.10 bits per heavy atom. The number of hydrogen-bond acceptors (Lipinski definition) is 5. The van der Waals surface area contributed by atoms with E-state index in [1.165, 1.54) is 0 Å². The van der Waals surface area contributed by atoms with Crippen LogP contribution in [0.2, 0.25) is 0 Å². The van der Waals surface area contributed by atoms with E-state index >= 15 is 0 Å². The molecule has 0 saturated carbocycles. The van der Waals surface area contributed by atoms with Crippen LogP contribution in [0.5, 0.6) is 0 Å². The van der Waals surface area contributed by atoms with Gasteiger partial charge in [0.15, 0.2) is 0 Å². The van der Waals surface area contributed by atoms with Crippen molar-refractivity contribution in [1.29, 1.82) is 0 Å². The van der Waals surface area contributed by atoms with Gasteiger partial charge in [0, 0.05) is 25.3 Å². The molecule has 6 heteroatoms. The van der Waals surface area contributed by atoms with Gasteiger partial charge in [-0.15, -0.1) is 0 Å². The van der Waals surface area contributed by atoms with Crippen molar-refractivity contribution >= 4 is 15.8 Å². The summed E-state index contributed by atoms with van der Waals surface area (Å²) in [5.41, 5.74) is 1.75. The van der Waals surface area contributed by atoms with E-state index in [1.807, 2.05) is 32.8 Å². The van der Waals surface area contributed by atoms with Gasteiger partial charge >= 0.3 is 0 Å². The van der Waals surface area contributed by atoms with Gasteiger partial charge in [-0.3, -0.25) is 4.18 Å². The lowest BCUT2D eigenvalue weighted by molar-refractivity contribution is 0.0659. The Balaban J connectivity index is 3.14. The number of nitrogens with zero attached hydrogens (tertiary/aromatic N) is 1. The van der Waals surface area contributed by atoms with Gasteiger partial charge in [-0.2, -0.15) is 8.42 Å². The Bertz CT molecular complexity index is 565. The molecule has 0 fully saturated rings. The minimum Gasteiger partial charge on any atom is -0.377 e. The second kappa shape index (κ2) is 7.24. The summed E-state index contributed by atoms with van der Waals surface area (Å²) in [4.78, 5) is 2.03. The van der Waals surface area contributed by atoms with Gasteiger partial charge in [0.1, 0.15) is 0 Å². The number of ether oxygens (including phenoxy) is 1. The van der Waals surface area contributed by atoms with Crippen molar-refractivity contribution in [2.24, 2.45) is 0 Å². The number of anilines is 1. The summed E-state index contributed by atoms with van der Waals surface area (Å²) >= 11 is 0. The largest absolute Gasteiger partial charge is 0.377 e. The molecular formula is C15H25NO4S. The molecule has 0 amide bonds. The minimum absolute atomic E-state index is 0.118. The van der Waals surface area contributed by atoms with E-state index in [0.29, 0.717) is 6.61 Å². The summed E-state index contributed by atoms with van der Waals surface area (Å²) in [5, 5.41) is 0. The fourth-order valence-corrected chi connectivity index (χ4v) is 2.91. The van der Waals surface area contributed by atoms with E-state index in [4.69, 9.17) is 8.92 Å². The first kappa shape index (κ1) is 17.9. The molecule has 0 aromatic heterocycles. The van der Waals surface area contributed by atoms with Gasteiger partial charge in [-0.1, -0.05) is 6.07 Å².